The van der Waals surface area contributed by atoms with Crippen LogP contribution in [0.15, 0.2) is 27.1 Å². The largest absolute Gasteiger partial charge is 0.453 e. The zero-order valence-corrected chi connectivity index (χ0v) is 8.87. The van der Waals surface area contributed by atoms with Crippen molar-refractivity contribution in [3.63, 3.8) is 0 Å². The molecule has 0 aliphatic heterocycles. The molecule has 0 aliphatic carbocycles. The Morgan fingerprint density at radius 1 is 1.50 bits per heavy atom. The number of benzene rings is 1. The van der Waals surface area contributed by atoms with E-state index in [4.69, 9.17) is 4.42 Å². The van der Waals surface area contributed by atoms with Crippen LogP contribution in [0.25, 0.3) is 11.0 Å². The summed E-state index contributed by atoms with van der Waals surface area (Å²) in [5.41, 5.74) is 0.568. The lowest BCUT2D eigenvalue weighted by molar-refractivity contribution is -0.384. The quantitative estimate of drug-likeness (QED) is 0.580. The standard InChI is InChI=1S/C9H6BrNO3/c1-5-8(11(12)13)6-3-2-4-7(10)9(6)14-5/h2-4H,1H3. The first-order valence-corrected chi connectivity index (χ1v) is 4.72. The minimum Gasteiger partial charge on any atom is -0.453 e. The van der Waals surface area contributed by atoms with Gasteiger partial charge in [0, 0.05) is 6.92 Å². The van der Waals surface area contributed by atoms with Gasteiger partial charge in [-0.2, -0.15) is 0 Å². The second-order valence-corrected chi connectivity index (χ2v) is 3.73. The van der Waals surface area contributed by atoms with E-state index in [0.717, 1.165) is 4.47 Å². The first kappa shape index (κ1) is 9.21. The van der Waals surface area contributed by atoms with Gasteiger partial charge in [0.15, 0.2) is 11.3 Å². The Morgan fingerprint density at radius 3 is 2.86 bits per heavy atom. The van der Waals surface area contributed by atoms with Crippen molar-refractivity contribution in [2.45, 2.75) is 6.92 Å². The van der Waals surface area contributed by atoms with Gasteiger partial charge < -0.3 is 4.42 Å². The van der Waals surface area contributed by atoms with Crippen LogP contribution in [0.5, 0.6) is 0 Å². The van der Waals surface area contributed by atoms with Crippen molar-refractivity contribution in [3.05, 3.63) is 38.5 Å². The number of furan rings is 1. The summed E-state index contributed by atoms with van der Waals surface area (Å²) in [5.74, 6) is 0.330. The third-order valence-electron chi connectivity index (χ3n) is 1.99. The summed E-state index contributed by atoms with van der Waals surface area (Å²) in [6.07, 6.45) is 0. The number of halogens is 1. The molecule has 0 bridgehead atoms. The summed E-state index contributed by atoms with van der Waals surface area (Å²) in [7, 11) is 0. The molecule has 0 fully saturated rings. The van der Waals surface area contributed by atoms with Gasteiger partial charge in [-0.05, 0) is 28.1 Å². The van der Waals surface area contributed by atoms with Crippen molar-refractivity contribution in [2.75, 3.05) is 0 Å². The number of hydrogen-bond acceptors (Lipinski definition) is 3. The summed E-state index contributed by atoms with van der Waals surface area (Å²) in [6, 6.07) is 5.21. The molecule has 4 nitrogen and oxygen atoms in total. The zero-order chi connectivity index (χ0) is 10.3. The lowest BCUT2D eigenvalue weighted by Gasteiger charge is -1.89. The molecule has 0 unspecified atom stereocenters. The fourth-order valence-electron chi connectivity index (χ4n) is 1.42. The van der Waals surface area contributed by atoms with Gasteiger partial charge in [0.1, 0.15) is 0 Å². The van der Waals surface area contributed by atoms with E-state index in [1.165, 1.54) is 0 Å². The van der Waals surface area contributed by atoms with E-state index in [1.807, 2.05) is 0 Å². The number of nitro groups is 1. The molecule has 0 amide bonds. The van der Waals surface area contributed by atoms with Crippen LogP contribution in [0.2, 0.25) is 0 Å². The summed E-state index contributed by atoms with van der Waals surface area (Å²) in [6.45, 7) is 1.59. The van der Waals surface area contributed by atoms with Crippen molar-refractivity contribution in [2.24, 2.45) is 0 Å². The van der Waals surface area contributed by atoms with Crippen LogP contribution in [-0.2, 0) is 0 Å². The minimum atomic E-state index is -0.423. The highest BCUT2D eigenvalue weighted by molar-refractivity contribution is 9.10. The topological polar surface area (TPSA) is 56.3 Å². The van der Waals surface area contributed by atoms with Crippen LogP contribution in [0.3, 0.4) is 0 Å². The van der Waals surface area contributed by atoms with E-state index in [0.29, 0.717) is 16.7 Å². The lowest BCUT2D eigenvalue weighted by Crippen LogP contribution is -1.87. The van der Waals surface area contributed by atoms with E-state index in [-0.39, 0.29) is 5.69 Å². The van der Waals surface area contributed by atoms with E-state index in [9.17, 15) is 10.1 Å². The number of rotatable bonds is 1. The zero-order valence-electron chi connectivity index (χ0n) is 7.28. The third kappa shape index (κ3) is 1.21. The normalized spacial score (nSPS) is 10.7. The van der Waals surface area contributed by atoms with Crippen LogP contribution in [0, 0.1) is 17.0 Å². The molecule has 0 saturated heterocycles. The molecule has 0 spiro atoms. The summed E-state index contributed by atoms with van der Waals surface area (Å²) < 4.78 is 6.03. The molecule has 0 radical (unpaired) electrons. The van der Waals surface area contributed by atoms with Crippen molar-refractivity contribution in [3.8, 4) is 0 Å². The van der Waals surface area contributed by atoms with Gasteiger partial charge >= 0.3 is 5.69 Å². The molecule has 14 heavy (non-hydrogen) atoms. The van der Waals surface area contributed by atoms with Crippen molar-refractivity contribution in [1.82, 2.24) is 0 Å². The Hall–Kier alpha value is -1.36. The van der Waals surface area contributed by atoms with Gasteiger partial charge in [-0.25, -0.2) is 0 Å². The minimum absolute atomic E-state index is 0.0429. The molecule has 2 aromatic rings. The smallest absolute Gasteiger partial charge is 0.317 e. The summed E-state index contributed by atoms with van der Waals surface area (Å²) in [5, 5.41) is 11.3. The number of para-hydroxylation sites is 1. The van der Waals surface area contributed by atoms with Gasteiger partial charge in [0.25, 0.3) is 0 Å². The Kier molecular flexibility index (Phi) is 2.03. The molecular weight excluding hydrogens is 250 g/mol. The van der Waals surface area contributed by atoms with Crippen molar-refractivity contribution < 1.29 is 9.34 Å². The maximum absolute atomic E-state index is 10.7. The molecule has 0 saturated carbocycles. The monoisotopic (exact) mass is 255 g/mol. The van der Waals surface area contributed by atoms with E-state index in [1.54, 1.807) is 25.1 Å². The summed E-state index contributed by atoms with van der Waals surface area (Å²) in [4.78, 5) is 10.3. The van der Waals surface area contributed by atoms with Crippen LogP contribution < -0.4 is 0 Å². The lowest BCUT2D eigenvalue weighted by atomic mass is 10.2. The van der Waals surface area contributed by atoms with E-state index < -0.39 is 4.92 Å². The predicted octanol–water partition coefficient (Wildman–Crippen LogP) is 3.41. The highest BCUT2D eigenvalue weighted by atomic mass is 79.9. The molecule has 0 aliphatic rings. The second kappa shape index (κ2) is 3.09. The van der Waals surface area contributed by atoms with Gasteiger partial charge in [0.2, 0.25) is 0 Å². The van der Waals surface area contributed by atoms with Crippen LogP contribution in [0.4, 0.5) is 5.69 Å². The SMILES string of the molecule is Cc1oc2c(Br)cccc2c1[N+](=O)[O-]. The number of nitrogens with zero attached hydrogens (tertiary/aromatic N) is 1. The average molecular weight is 256 g/mol. The Balaban J connectivity index is 2.90. The molecule has 1 aromatic heterocycles. The Morgan fingerprint density at radius 2 is 2.21 bits per heavy atom. The van der Waals surface area contributed by atoms with Gasteiger partial charge in [-0.3, -0.25) is 10.1 Å². The molecule has 1 heterocycles. The molecule has 0 N–H and O–H groups in total. The van der Waals surface area contributed by atoms with Crippen molar-refractivity contribution in [1.29, 1.82) is 0 Å². The molecule has 5 heteroatoms. The second-order valence-electron chi connectivity index (χ2n) is 2.88. The highest BCUT2D eigenvalue weighted by Crippen LogP contribution is 2.35. The van der Waals surface area contributed by atoms with Crippen LogP contribution in [-0.4, -0.2) is 4.92 Å². The maximum Gasteiger partial charge on any atom is 0.317 e. The van der Waals surface area contributed by atoms with Gasteiger partial charge in [0.05, 0.1) is 14.8 Å². The van der Waals surface area contributed by atoms with E-state index >= 15 is 0 Å². The third-order valence-corrected chi connectivity index (χ3v) is 2.62. The predicted molar refractivity (Wildman–Crippen MR) is 55.3 cm³/mol. The van der Waals surface area contributed by atoms with Crippen molar-refractivity contribution >= 4 is 32.6 Å². The van der Waals surface area contributed by atoms with Crippen LogP contribution >= 0.6 is 15.9 Å². The van der Waals surface area contributed by atoms with Gasteiger partial charge in [-0.15, -0.1) is 0 Å². The highest BCUT2D eigenvalue weighted by Gasteiger charge is 2.21. The first-order chi connectivity index (χ1) is 6.61. The molecule has 72 valence electrons. The number of hydrogen-bond donors (Lipinski definition) is 0. The van der Waals surface area contributed by atoms with E-state index in [2.05, 4.69) is 15.9 Å². The van der Waals surface area contributed by atoms with Crippen LogP contribution in [0.1, 0.15) is 5.76 Å². The molecule has 0 atom stereocenters. The number of fused-ring (bicyclic) bond motifs is 1. The maximum atomic E-state index is 10.7. The van der Waals surface area contributed by atoms with Gasteiger partial charge in [-0.1, -0.05) is 6.07 Å². The molecule has 1 aromatic carbocycles. The number of aryl methyl sites for hydroxylation is 1. The fourth-order valence-corrected chi connectivity index (χ4v) is 1.86. The Bertz CT molecular complexity index is 518. The summed E-state index contributed by atoms with van der Waals surface area (Å²) >= 11 is 3.28. The average Bonchev–Trinajstić information content (AvgIpc) is 2.42. The Labute approximate surface area is 87.8 Å². The first-order valence-electron chi connectivity index (χ1n) is 3.93. The fraction of sp³-hybridized carbons (Fsp3) is 0.111. The molecular formula is C9H6BrNO3. The molecule has 2 rings (SSSR count).